The first-order valence-electron chi connectivity index (χ1n) is 11.7. The molecule has 0 aliphatic heterocycles. The summed E-state index contributed by atoms with van der Waals surface area (Å²) in [5.74, 6) is -1.63. The number of anilines is 1. The number of hydrogen-bond acceptors (Lipinski definition) is 4. The van der Waals surface area contributed by atoms with Gasteiger partial charge in [0.2, 0.25) is 5.91 Å². The van der Waals surface area contributed by atoms with Crippen LogP contribution in [0, 0.1) is 12.8 Å². The van der Waals surface area contributed by atoms with Gasteiger partial charge in [0.15, 0.2) is 0 Å². The number of ether oxygens (including phenoxy) is 1. The van der Waals surface area contributed by atoms with E-state index in [1.165, 1.54) is 11.1 Å². The van der Waals surface area contributed by atoms with Gasteiger partial charge in [0.1, 0.15) is 6.61 Å². The maximum Gasteiger partial charge on any atom is 0.407 e. The number of hydrogen-bond donors (Lipinski definition) is 3. The molecule has 3 aromatic carbocycles. The number of aryl methyl sites for hydroxylation is 1. The molecule has 0 radical (unpaired) electrons. The van der Waals surface area contributed by atoms with E-state index in [0.717, 1.165) is 11.1 Å². The monoisotopic (exact) mass is 470 g/mol. The topological polar surface area (TPSA) is 105 Å². The smallest absolute Gasteiger partial charge is 0.407 e. The van der Waals surface area contributed by atoms with E-state index in [-0.39, 0.29) is 41.6 Å². The largest absolute Gasteiger partial charge is 0.478 e. The van der Waals surface area contributed by atoms with E-state index in [0.29, 0.717) is 18.4 Å². The minimum atomic E-state index is -1.08. The molecule has 2 aliphatic carbocycles. The number of carbonyl (C=O) groups excluding carboxylic acids is 2. The minimum Gasteiger partial charge on any atom is -0.478 e. The molecule has 35 heavy (non-hydrogen) atoms. The lowest BCUT2D eigenvalue weighted by Gasteiger charge is -2.34. The van der Waals surface area contributed by atoms with Crippen molar-refractivity contribution < 1.29 is 24.2 Å². The van der Waals surface area contributed by atoms with Crippen LogP contribution >= 0.6 is 0 Å². The highest BCUT2D eigenvalue weighted by molar-refractivity contribution is 6.02. The van der Waals surface area contributed by atoms with Crippen molar-refractivity contribution in [3.05, 3.63) is 89.0 Å². The van der Waals surface area contributed by atoms with E-state index in [1.807, 2.05) is 24.3 Å². The zero-order valence-electron chi connectivity index (χ0n) is 19.3. The maximum absolute atomic E-state index is 12.6. The van der Waals surface area contributed by atoms with E-state index in [4.69, 9.17) is 4.74 Å². The molecule has 0 saturated heterocycles. The van der Waals surface area contributed by atoms with Crippen LogP contribution in [0.3, 0.4) is 0 Å². The molecular weight excluding hydrogens is 444 g/mol. The highest BCUT2D eigenvalue weighted by Gasteiger charge is 2.36. The Balaban J connectivity index is 1.13. The van der Waals surface area contributed by atoms with E-state index >= 15 is 0 Å². The number of rotatable bonds is 6. The predicted octanol–water partition coefficient (Wildman–Crippen LogP) is 4.95. The SMILES string of the molecule is Cc1cccc(NC(=O)C2CC(NC(=O)OCC3c4ccccc4-c4ccccc43)C2)c1C(=O)O. The number of carboxylic acid groups (broad SMARTS) is 1. The zero-order chi connectivity index (χ0) is 24.5. The summed E-state index contributed by atoms with van der Waals surface area (Å²) in [6, 6.07) is 21.1. The Hall–Kier alpha value is -4.13. The summed E-state index contributed by atoms with van der Waals surface area (Å²) in [6.45, 7) is 1.93. The normalized spacial score (nSPS) is 18.1. The van der Waals surface area contributed by atoms with Crippen molar-refractivity contribution in [2.75, 3.05) is 11.9 Å². The molecule has 0 bridgehead atoms. The molecule has 0 atom stereocenters. The second-order valence-electron chi connectivity index (χ2n) is 9.13. The summed E-state index contributed by atoms with van der Waals surface area (Å²) in [6.07, 6.45) is 0.455. The highest BCUT2D eigenvalue weighted by atomic mass is 16.5. The molecule has 1 saturated carbocycles. The number of amides is 2. The van der Waals surface area contributed by atoms with Crippen molar-refractivity contribution in [3.8, 4) is 11.1 Å². The Morgan fingerprint density at radius 2 is 1.54 bits per heavy atom. The van der Waals surface area contributed by atoms with Crippen molar-refractivity contribution in [2.45, 2.75) is 31.7 Å². The third kappa shape index (κ3) is 4.37. The van der Waals surface area contributed by atoms with Gasteiger partial charge in [-0.25, -0.2) is 9.59 Å². The second kappa shape index (κ2) is 9.25. The van der Waals surface area contributed by atoms with Gasteiger partial charge in [-0.15, -0.1) is 0 Å². The Morgan fingerprint density at radius 1 is 0.914 bits per heavy atom. The quantitative estimate of drug-likeness (QED) is 0.473. The van der Waals surface area contributed by atoms with Crippen molar-refractivity contribution >= 4 is 23.7 Å². The lowest BCUT2D eigenvalue weighted by atomic mass is 9.79. The highest BCUT2D eigenvalue weighted by Crippen LogP contribution is 2.44. The Kier molecular flexibility index (Phi) is 5.99. The van der Waals surface area contributed by atoms with Crippen LogP contribution in [0.5, 0.6) is 0 Å². The van der Waals surface area contributed by atoms with Crippen LogP contribution < -0.4 is 10.6 Å². The number of carboxylic acids is 1. The maximum atomic E-state index is 12.6. The van der Waals surface area contributed by atoms with Crippen LogP contribution in [-0.2, 0) is 9.53 Å². The van der Waals surface area contributed by atoms with E-state index in [1.54, 1.807) is 25.1 Å². The zero-order valence-corrected chi connectivity index (χ0v) is 19.3. The molecule has 7 nitrogen and oxygen atoms in total. The molecule has 2 amide bonds. The number of nitrogens with one attached hydrogen (secondary N) is 2. The van der Waals surface area contributed by atoms with Crippen LogP contribution in [0.15, 0.2) is 66.7 Å². The minimum absolute atomic E-state index is 0.00849. The fourth-order valence-electron chi connectivity index (χ4n) is 5.05. The Labute approximate surface area is 203 Å². The van der Waals surface area contributed by atoms with Gasteiger partial charge in [0.05, 0.1) is 11.3 Å². The number of carbonyl (C=O) groups is 3. The van der Waals surface area contributed by atoms with Crippen LogP contribution in [0.4, 0.5) is 10.5 Å². The summed E-state index contributed by atoms with van der Waals surface area (Å²) in [5.41, 5.74) is 5.61. The molecule has 3 aromatic rings. The third-order valence-electron chi connectivity index (χ3n) is 6.92. The van der Waals surface area contributed by atoms with E-state index in [9.17, 15) is 19.5 Å². The molecule has 0 spiro atoms. The first-order valence-corrected chi connectivity index (χ1v) is 11.7. The van der Waals surface area contributed by atoms with Gasteiger partial charge in [-0.3, -0.25) is 4.79 Å². The van der Waals surface area contributed by atoms with E-state index < -0.39 is 12.1 Å². The van der Waals surface area contributed by atoms with Crippen molar-refractivity contribution in [2.24, 2.45) is 5.92 Å². The van der Waals surface area contributed by atoms with Gasteiger partial charge in [0, 0.05) is 17.9 Å². The van der Waals surface area contributed by atoms with Gasteiger partial charge in [-0.2, -0.15) is 0 Å². The molecule has 7 heteroatoms. The second-order valence-corrected chi connectivity index (χ2v) is 9.13. The van der Waals surface area contributed by atoms with Crippen LogP contribution in [0.25, 0.3) is 11.1 Å². The predicted molar refractivity (Wildman–Crippen MR) is 131 cm³/mol. The molecule has 3 N–H and O–H groups in total. The van der Waals surface area contributed by atoms with Crippen molar-refractivity contribution in [3.63, 3.8) is 0 Å². The molecule has 0 heterocycles. The van der Waals surface area contributed by atoms with Gasteiger partial charge in [0.25, 0.3) is 0 Å². The Morgan fingerprint density at radius 3 is 2.17 bits per heavy atom. The first-order chi connectivity index (χ1) is 16.9. The average molecular weight is 471 g/mol. The van der Waals surface area contributed by atoms with Gasteiger partial charge in [-0.1, -0.05) is 60.7 Å². The van der Waals surface area contributed by atoms with Crippen molar-refractivity contribution in [1.29, 1.82) is 0 Å². The van der Waals surface area contributed by atoms with Gasteiger partial charge >= 0.3 is 12.1 Å². The number of aromatic carboxylic acids is 1. The standard InChI is InChI=1S/C28H26N2O5/c1-16-7-6-12-24(25(16)27(32)33)30-26(31)17-13-18(14-17)29-28(34)35-15-23-21-10-4-2-8-19(21)20-9-3-5-11-22(20)23/h2-12,17-18,23H,13-15H2,1H3,(H,29,34)(H,30,31)(H,32,33). The van der Waals surface area contributed by atoms with Gasteiger partial charge < -0.3 is 20.5 Å². The van der Waals surface area contributed by atoms with Crippen LogP contribution in [-0.4, -0.2) is 35.7 Å². The van der Waals surface area contributed by atoms with Crippen LogP contribution in [0.1, 0.15) is 45.8 Å². The molecule has 2 aliphatic rings. The Bertz CT molecular complexity index is 1270. The van der Waals surface area contributed by atoms with E-state index in [2.05, 4.69) is 34.9 Å². The summed E-state index contributed by atoms with van der Waals surface area (Å²) in [5, 5.41) is 15.0. The summed E-state index contributed by atoms with van der Waals surface area (Å²) < 4.78 is 5.58. The molecule has 5 rings (SSSR count). The molecule has 1 fully saturated rings. The number of benzene rings is 3. The third-order valence-corrected chi connectivity index (χ3v) is 6.92. The fourth-order valence-corrected chi connectivity index (χ4v) is 5.05. The molecule has 0 unspecified atom stereocenters. The first kappa shape index (κ1) is 22.7. The summed E-state index contributed by atoms with van der Waals surface area (Å²) >= 11 is 0. The lowest BCUT2D eigenvalue weighted by Crippen LogP contribution is -2.48. The summed E-state index contributed by atoms with van der Waals surface area (Å²) in [7, 11) is 0. The summed E-state index contributed by atoms with van der Waals surface area (Å²) in [4.78, 5) is 36.6. The molecular formula is C28H26N2O5. The molecule has 0 aromatic heterocycles. The average Bonchev–Trinajstić information content (AvgIpc) is 3.13. The van der Waals surface area contributed by atoms with Gasteiger partial charge in [-0.05, 0) is 53.6 Å². The van der Waals surface area contributed by atoms with Crippen LogP contribution in [0.2, 0.25) is 0 Å². The van der Waals surface area contributed by atoms with Crippen molar-refractivity contribution in [1.82, 2.24) is 5.32 Å². The fraction of sp³-hybridized carbons (Fsp3) is 0.250. The number of fused-ring (bicyclic) bond motifs is 3. The molecule has 178 valence electrons. The number of alkyl carbamates (subject to hydrolysis) is 1. The lowest BCUT2D eigenvalue weighted by molar-refractivity contribution is -0.122.